The van der Waals surface area contributed by atoms with Crippen molar-refractivity contribution >= 4 is 23.4 Å². The van der Waals surface area contributed by atoms with Crippen molar-refractivity contribution < 1.29 is 14.3 Å². The quantitative estimate of drug-likeness (QED) is 0.701. The fourth-order valence-corrected chi connectivity index (χ4v) is 3.05. The minimum absolute atomic E-state index is 0.0505. The lowest BCUT2D eigenvalue weighted by atomic mass is 10.1. The Hall–Kier alpha value is -2.38. The molecule has 144 valence electrons. The molecule has 0 saturated heterocycles. The Morgan fingerprint density at radius 3 is 2.81 bits per heavy atom. The van der Waals surface area contributed by atoms with E-state index in [0.29, 0.717) is 43.6 Å². The fourth-order valence-electron chi connectivity index (χ4n) is 2.93. The summed E-state index contributed by atoms with van der Waals surface area (Å²) in [5, 5.41) is 7.98. The van der Waals surface area contributed by atoms with Crippen molar-refractivity contribution in [2.75, 3.05) is 32.8 Å². The van der Waals surface area contributed by atoms with Gasteiger partial charge in [-0.05, 0) is 31.5 Å². The van der Waals surface area contributed by atoms with Gasteiger partial charge in [0, 0.05) is 36.9 Å². The first kappa shape index (κ1) is 19.4. The number of ether oxygens (including phenoxy) is 1. The molecule has 0 fully saturated rings. The Labute approximate surface area is 163 Å². The Morgan fingerprint density at radius 1 is 1.30 bits per heavy atom. The zero-order valence-corrected chi connectivity index (χ0v) is 16.0. The molecule has 1 N–H and O–H groups in total. The van der Waals surface area contributed by atoms with Gasteiger partial charge in [0.1, 0.15) is 5.69 Å². The van der Waals surface area contributed by atoms with Gasteiger partial charge in [0.15, 0.2) is 0 Å². The summed E-state index contributed by atoms with van der Waals surface area (Å²) >= 11 is 5.92. The lowest BCUT2D eigenvalue weighted by Gasteiger charge is -2.26. The summed E-state index contributed by atoms with van der Waals surface area (Å²) in [4.78, 5) is 26.3. The van der Waals surface area contributed by atoms with Gasteiger partial charge in [-0.25, -0.2) is 0 Å². The average molecular weight is 391 g/mol. The van der Waals surface area contributed by atoms with Gasteiger partial charge in [-0.3, -0.25) is 14.3 Å². The highest BCUT2D eigenvalue weighted by Gasteiger charge is 2.27. The standard InChI is InChI=1S/C19H23ClN4O3/c1-2-27-11-3-8-21-18(25)13-23-9-10-24-17(19(23)26)12-16(22-24)14-4-6-15(20)7-5-14/h4-7,12H,2-3,8-11,13H2,1H3,(H,21,25). The van der Waals surface area contributed by atoms with E-state index < -0.39 is 0 Å². The molecule has 7 nitrogen and oxygen atoms in total. The first-order valence-electron chi connectivity index (χ1n) is 9.06. The van der Waals surface area contributed by atoms with Crippen molar-refractivity contribution in [3.63, 3.8) is 0 Å². The molecule has 1 aromatic heterocycles. The zero-order valence-electron chi connectivity index (χ0n) is 15.3. The van der Waals surface area contributed by atoms with Crippen LogP contribution in [0.1, 0.15) is 23.8 Å². The Morgan fingerprint density at radius 2 is 2.07 bits per heavy atom. The number of halogens is 1. The van der Waals surface area contributed by atoms with Gasteiger partial charge in [0.25, 0.3) is 5.91 Å². The number of rotatable bonds is 8. The molecule has 2 heterocycles. The number of hydrogen-bond donors (Lipinski definition) is 1. The topological polar surface area (TPSA) is 76.5 Å². The largest absolute Gasteiger partial charge is 0.382 e. The molecule has 0 unspecified atom stereocenters. The van der Waals surface area contributed by atoms with Crippen molar-refractivity contribution in [3.05, 3.63) is 41.0 Å². The highest BCUT2D eigenvalue weighted by atomic mass is 35.5. The minimum atomic E-state index is -0.182. The first-order chi connectivity index (χ1) is 13.1. The van der Waals surface area contributed by atoms with Crippen molar-refractivity contribution in [1.82, 2.24) is 20.0 Å². The highest BCUT2D eigenvalue weighted by Crippen LogP contribution is 2.23. The van der Waals surface area contributed by atoms with Gasteiger partial charge in [0.2, 0.25) is 5.91 Å². The number of nitrogens with one attached hydrogen (secondary N) is 1. The third-order valence-electron chi connectivity index (χ3n) is 4.33. The first-order valence-corrected chi connectivity index (χ1v) is 9.43. The Kier molecular flexibility index (Phi) is 6.47. The summed E-state index contributed by atoms with van der Waals surface area (Å²) in [7, 11) is 0. The molecule has 0 spiro atoms. The normalized spacial score (nSPS) is 13.6. The SMILES string of the molecule is CCOCCCNC(=O)CN1CCn2nc(-c3ccc(Cl)cc3)cc2C1=O. The summed E-state index contributed by atoms with van der Waals surface area (Å²) in [5.74, 6) is -0.343. The van der Waals surface area contributed by atoms with E-state index in [9.17, 15) is 9.59 Å². The number of nitrogens with zero attached hydrogens (tertiary/aromatic N) is 3. The Balaban J connectivity index is 1.59. The summed E-state index contributed by atoms with van der Waals surface area (Å²) in [5.41, 5.74) is 2.11. The van der Waals surface area contributed by atoms with Crippen molar-refractivity contribution in [2.45, 2.75) is 19.9 Å². The predicted octanol–water partition coefficient (Wildman–Crippen LogP) is 2.20. The second-order valence-electron chi connectivity index (χ2n) is 6.27. The summed E-state index contributed by atoms with van der Waals surface area (Å²) in [6.45, 7) is 4.83. The van der Waals surface area contributed by atoms with Gasteiger partial charge in [-0.2, -0.15) is 5.10 Å². The molecular weight excluding hydrogens is 368 g/mol. The average Bonchev–Trinajstić information content (AvgIpc) is 3.09. The van der Waals surface area contributed by atoms with Crippen LogP contribution >= 0.6 is 11.6 Å². The number of fused-ring (bicyclic) bond motifs is 1. The zero-order chi connectivity index (χ0) is 19.2. The molecule has 8 heteroatoms. The molecule has 0 bridgehead atoms. The van der Waals surface area contributed by atoms with E-state index in [1.54, 1.807) is 27.8 Å². The second-order valence-corrected chi connectivity index (χ2v) is 6.71. The molecule has 2 amide bonds. The van der Waals surface area contributed by atoms with Crippen LogP contribution in [0.4, 0.5) is 0 Å². The number of aromatic nitrogens is 2. The number of carbonyl (C=O) groups excluding carboxylic acids is 2. The maximum atomic E-state index is 12.7. The van der Waals surface area contributed by atoms with E-state index in [1.807, 2.05) is 19.1 Å². The maximum Gasteiger partial charge on any atom is 0.272 e. The van der Waals surface area contributed by atoms with Crippen molar-refractivity contribution in [1.29, 1.82) is 0 Å². The summed E-state index contributed by atoms with van der Waals surface area (Å²) in [6, 6.07) is 9.08. The van der Waals surface area contributed by atoms with E-state index in [2.05, 4.69) is 10.4 Å². The van der Waals surface area contributed by atoms with E-state index in [0.717, 1.165) is 17.7 Å². The number of carbonyl (C=O) groups is 2. The monoisotopic (exact) mass is 390 g/mol. The van der Waals surface area contributed by atoms with E-state index >= 15 is 0 Å². The molecule has 27 heavy (non-hydrogen) atoms. The lowest BCUT2D eigenvalue weighted by Crippen LogP contribution is -2.46. The minimum Gasteiger partial charge on any atom is -0.382 e. The number of amides is 2. The summed E-state index contributed by atoms with van der Waals surface area (Å²) in [6.07, 6.45) is 0.755. The highest BCUT2D eigenvalue weighted by molar-refractivity contribution is 6.30. The van der Waals surface area contributed by atoms with Crippen LogP contribution in [-0.2, 0) is 16.1 Å². The van der Waals surface area contributed by atoms with Crippen LogP contribution in [0.3, 0.4) is 0 Å². The molecule has 0 radical (unpaired) electrons. The Bertz CT molecular complexity index is 804. The molecule has 3 rings (SSSR count). The van der Waals surface area contributed by atoms with Crippen LogP contribution in [0.5, 0.6) is 0 Å². The molecular formula is C19H23ClN4O3. The van der Waals surface area contributed by atoms with Crippen molar-refractivity contribution in [2.24, 2.45) is 0 Å². The molecule has 0 saturated carbocycles. The van der Waals surface area contributed by atoms with Crippen LogP contribution in [-0.4, -0.2) is 59.3 Å². The van der Waals surface area contributed by atoms with Crippen molar-refractivity contribution in [3.8, 4) is 11.3 Å². The smallest absolute Gasteiger partial charge is 0.272 e. The molecule has 1 aliphatic heterocycles. The van der Waals surface area contributed by atoms with Gasteiger partial charge < -0.3 is 15.0 Å². The van der Waals surface area contributed by atoms with E-state index in [1.165, 1.54) is 0 Å². The molecule has 1 aliphatic rings. The summed E-state index contributed by atoms with van der Waals surface area (Å²) < 4.78 is 6.93. The molecule has 0 aliphatic carbocycles. The third kappa shape index (κ3) is 4.87. The van der Waals surface area contributed by atoms with Crippen LogP contribution in [0, 0.1) is 0 Å². The number of benzene rings is 1. The van der Waals surface area contributed by atoms with Crippen LogP contribution in [0.2, 0.25) is 5.02 Å². The van der Waals surface area contributed by atoms with Crippen LogP contribution in [0.25, 0.3) is 11.3 Å². The maximum absolute atomic E-state index is 12.7. The molecule has 0 atom stereocenters. The van der Waals surface area contributed by atoms with E-state index in [-0.39, 0.29) is 18.4 Å². The predicted molar refractivity (Wildman–Crippen MR) is 103 cm³/mol. The molecule has 1 aromatic carbocycles. The fraction of sp³-hybridized carbons (Fsp3) is 0.421. The number of hydrogen-bond acceptors (Lipinski definition) is 4. The van der Waals surface area contributed by atoms with Gasteiger partial charge in [0.05, 0.1) is 18.8 Å². The van der Waals surface area contributed by atoms with Crippen LogP contribution < -0.4 is 5.32 Å². The van der Waals surface area contributed by atoms with Gasteiger partial charge in [-0.1, -0.05) is 23.7 Å². The second kappa shape index (κ2) is 9.01. The molecule has 2 aromatic rings. The lowest BCUT2D eigenvalue weighted by molar-refractivity contribution is -0.121. The third-order valence-corrected chi connectivity index (χ3v) is 4.59. The van der Waals surface area contributed by atoms with Gasteiger partial charge >= 0.3 is 0 Å². The van der Waals surface area contributed by atoms with Crippen LogP contribution in [0.15, 0.2) is 30.3 Å². The van der Waals surface area contributed by atoms with E-state index in [4.69, 9.17) is 16.3 Å². The van der Waals surface area contributed by atoms with Gasteiger partial charge in [-0.15, -0.1) is 0 Å².